The molecule has 0 heterocycles. The van der Waals surface area contributed by atoms with Crippen molar-refractivity contribution in [3.8, 4) is 0 Å². The van der Waals surface area contributed by atoms with Crippen LogP contribution in [0, 0.1) is 0 Å². The van der Waals surface area contributed by atoms with E-state index in [2.05, 4.69) is 4.18 Å². The molecule has 0 saturated heterocycles. The monoisotopic (exact) mass is 280 g/mol. The molecule has 0 amide bonds. The van der Waals surface area contributed by atoms with Crippen LogP contribution >= 0.6 is 11.2 Å². The molecular weight excluding hydrogens is 274 g/mol. The summed E-state index contributed by atoms with van der Waals surface area (Å²) in [7, 11) is -5.77. The summed E-state index contributed by atoms with van der Waals surface area (Å²) in [4.78, 5) is 0. The van der Waals surface area contributed by atoms with Crippen molar-refractivity contribution < 1.29 is 37.4 Å². The molecule has 0 atom stereocenters. The Morgan fingerprint density at radius 1 is 1.07 bits per heavy atom. The summed E-state index contributed by atoms with van der Waals surface area (Å²) in [5.74, 6) is -1.32. The second-order valence-corrected chi connectivity index (χ2v) is 5.30. The maximum absolute atomic E-state index is 11.6. The van der Waals surface area contributed by atoms with Gasteiger partial charge < -0.3 is 0 Å². The average Bonchev–Trinajstić information content (AvgIpc) is 1.94. The predicted octanol–water partition coefficient (Wildman–Crippen LogP) is 2.70. The molecule has 0 aromatic carbocycles. The second-order valence-electron chi connectivity index (χ2n) is 2.28. The lowest BCUT2D eigenvalue weighted by atomic mass is 10.5. The van der Waals surface area contributed by atoms with Crippen LogP contribution in [-0.2, 0) is 14.3 Å². The Hall–Kier alpha value is -0.160. The first-order chi connectivity index (χ1) is 6.46. The highest BCUT2D eigenvalue weighted by Gasteiger charge is 2.47. The molecule has 0 spiro atoms. The fourth-order valence-corrected chi connectivity index (χ4v) is 1.37. The first-order valence-electron chi connectivity index (χ1n) is 3.31. The maximum atomic E-state index is 11.6. The van der Waals surface area contributed by atoms with Crippen molar-refractivity contribution in [3.63, 3.8) is 0 Å². The minimum absolute atomic E-state index is 0.811. The van der Waals surface area contributed by atoms with Crippen molar-refractivity contribution in [2.24, 2.45) is 0 Å². The van der Waals surface area contributed by atoms with E-state index in [1.807, 2.05) is 0 Å². The molecule has 0 aliphatic heterocycles. The lowest BCUT2D eigenvalue weighted by Crippen LogP contribution is -2.26. The minimum Gasteiger partial charge on any atom is -0.263 e. The van der Waals surface area contributed by atoms with Crippen molar-refractivity contribution in [3.05, 3.63) is 0 Å². The van der Waals surface area contributed by atoms with Crippen LogP contribution in [-0.4, -0.2) is 26.3 Å². The van der Waals surface area contributed by atoms with Gasteiger partial charge in [0.2, 0.25) is 11.2 Å². The van der Waals surface area contributed by atoms with Crippen LogP contribution in [0.2, 0.25) is 0 Å². The van der Waals surface area contributed by atoms with E-state index in [0.717, 1.165) is 0 Å². The third kappa shape index (κ3) is 6.10. The Morgan fingerprint density at radius 3 is 1.87 bits per heavy atom. The van der Waals surface area contributed by atoms with Crippen LogP contribution in [0.4, 0.5) is 24.8 Å². The van der Waals surface area contributed by atoms with E-state index in [0.29, 0.717) is 0 Å². The molecule has 0 rings (SSSR count). The largest absolute Gasteiger partial charge is 0.523 e. The van der Waals surface area contributed by atoms with Crippen molar-refractivity contribution in [1.82, 2.24) is 0 Å². The van der Waals surface area contributed by atoms with Crippen molar-refractivity contribution in [2.75, 3.05) is 12.4 Å². The molecular formula is C4H6F6O3S2. The SMILES string of the molecule is O=S(=O)(OCCCS(F)(F)F)C(F)(F)F. The fourth-order valence-electron chi connectivity index (χ4n) is 0.458. The fraction of sp³-hybridized carbons (Fsp3) is 1.00. The van der Waals surface area contributed by atoms with Crippen molar-refractivity contribution >= 4 is 21.3 Å². The van der Waals surface area contributed by atoms with Crippen LogP contribution < -0.4 is 0 Å². The second kappa shape index (κ2) is 4.78. The summed E-state index contributed by atoms with van der Waals surface area (Å²) in [6.45, 7) is -1.13. The summed E-state index contributed by atoms with van der Waals surface area (Å²) in [6, 6.07) is 0. The van der Waals surface area contributed by atoms with Gasteiger partial charge in [-0.1, -0.05) is 0 Å². The van der Waals surface area contributed by atoms with Gasteiger partial charge in [-0.2, -0.15) is 21.6 Å². The smallest absolute Gasteiger partial charge is 0.263 e. The van der Waals surface area contributed by atoms with Crippen LogP contribution in [0.25, 0.3) is 0 Å². The van der Waals surface area contributed by atoms with Gasteiger partial charge in [-0.3, -0.25) is 4.18 Å². The Bertz CT molecular complexity index is 290. The Labute approximate surface area is 83.7 Å². The standard InChI is InChI=1S/C4H6F6O3S2/c5-4(6,7)15(11,12)13-2-1-3-14(8,9)10/h1-3H2. The molecule has 0 aromatic heterocycles. The number of hydrogen-bond acceptors (Lipinski definition) is 3. The van der Waals surface area contributed by atoms with Crippen molar-refractivity contribution in [1.29, 1.82) is 0 Å². The average molecular weight is 280 g/mol. The Morgan fingerprint density at radius 2 is 1.53 bits per heavy atom. The van der Waals surface area contributed by atoms with E-state index in [-0.39, 0.29) is 0 Å². The van der Waals surface area contributed by atoms with Gasteiger partial charge in [-0.05, 0) is 6.42 Å². The molecule has 0 bridgehead atoms. The summed E-state index contributed by atoms with van der Waals surface area (Å²) < 4.78 is 93.1. The molecule has 0 aliphatic rings. The van der Waals surface area contributed by atoms with E-state index < -0.39 is 45.6 Å². The highest BCUT2D eigenvalue weighted by molar-refractivity contribution is 8.20. The van der Waals surface area contributed by atoms with Crippen LogP contribution in [0.15, 0.2) is 0 Å². The Balaban J connectivity index is 3.99. The van der Waals surface area contributed by atoms with Gasteiger partial charge in [0, 0.05) is 0 Å². The summed E-state index contributed by atoms with van der Waals surface area (Å²) >= 11 is -5.33. The molecule has 3 nitrogen and oxygen atoms in total. The van der Waals surface area contributed by atoms with Gasteiger partial charge in [-0.25, -0.2) is 0 Å². The van der Waals surface area contributed by atoms with Crippen LogP contribution in [0.5, 0.6) is 0 Å². The molecule has 94 valence electrons. The van der Waals surface area contributed by atoms with Gasteiger partial charge in [0.1, 0.15) is 0 Å². The van der Waals surface area contributed by atoms with Crippen LogP contribution in [0.3, 0.4) is 0 Å². The number of halogens is 6. The quantitative estimate of drug-likeness (QED) is 0.336. The highest BCUT2D eigenvalue weighted by Crippen LogP contribution is 2.53. The summed E-state index contributed by atoms with van der Waals surface area (Å²) in [5, 5.41) is 0. The van der Waals surface area contributed by atoms with Gasteiger partial charge in [-0.15, -0.1) is 11.7 Å². The molecule has 15 heavy (non-hydrogen) atoms. The van der Waals surface area contributed by atoms with Gasteiger partial charge in [0.05, 0.1) is 12.4 Å². The number of hydrogen-bond donors (Lipinski definition) is 0. The minimum atomic E-state index is -5.77. The first-order valence-corrected chi connectivity index (χ1v) is 6.22. The van der Waals surface area contributed by atoms with E-state index in [1.54, 1.807) is 0 Å². The third-order valence-corrected chi connectivity index (χ3v) is 2.84. The molecule has 0 aromatic rings. The zero-order valence-electron chi connectivity index (χ0n) is 6.93. The lowest BCUT2D eigenvalue weighted by Gasteiger charge is -2.10. The first kappa shape index (κ1) is 14.8. The van der Waals surface area contributed by atoms with E-state index >= 15 is 0 Å². The molecule has 11 heteroatoms. The maximum Gasteiger partial charge on any atom is 0.523 e. The zero-order chi connectivity index (χ0) is 12.3. The molecule has 0 fully saturated rings. The van der Waals surface area contributed by atoms with Gasteiger partial charge in [0.25, 0.3) is 0 Å². The third-order valence-electron chi connectivity index (χ3n) is 1.04. The Kier molecular flexibility index (Phi) is 4.73. The highest BCUT2D eigenvalue weighted by atomic mass is 32.3. The van der Waals surface area contributed by atoms with Crippen molar-refractivity contribution in [2.45, 2.75) is 11.9 Å². The summed E-state index contributed by atoms with van der Waals surface area (Å²) in [5.41, 5.74) is -5.60. The van der Waals surface area contributed by atoms with E-state index in [9.17, 15) is 33.2 Å². The zero-order valence-corrected chi connectivity index (χ0v) is 8.56. The summed E-state index contributed by atoms with van der Waals surface area (Å²) in [6.07, 6.45) is -0.811. The number of rotatable bonds is 5. The molecule has 0 aliphatic carbocycles. The molecule has 0 unspecified atom stereocenters. The molecule has 0 N–H and O–H groups in total. The van der Waals surface area contributed by atoms with Gasteiger partial charge >= 0.3 is 15.6 Å². The predicted molar refractivity (Wildman–Crippen MR) is 41.3 cm³/mol. The topological polar surface area (TPSA) is 43.4 Å². The van der Waals surface area contributed by atoms with E-state index in [1.165, 1.54) is 0 Å². The van der Waals surface area contributed by atoms with Crippen LogP contribution in [0.1, 0.15) is 6.42 Å². The van der Waals surface area contributed by atoms with E-state index in [4.69, 9.17) is 0 Å². The number of alkyl halides is 3. The lowest BCUT2D eigenvalue weighted by molar-refractivity contribution is -0.0541. The molecule has 0 saturated carbocycles. The van der Waals surface area contributed by atoms with Gasteiger partial charge in [0.15, 0.2) is 0 Å². The molecule has 0 radical (unpaired) electrons. The normalized spacial score (nSPS) is 15.3.